The fourth-order valence-corrected chi connectivity index (χ4v) is 2.64. The Hall–Kier alpha value is -0.770. The summed E-state index contributed by atoms with van der Waals surface area (Å²) in [4.78, 5) is 1.96. The molecule has 0 radical (unpaired) electrons. The van der Waals surface area contributed by atoms with Gasteiger partial charge in [-0.2, -0.15) is 0 Å². The molecular formula is C12H14O2S. The average Bonchev–Trinajstić information content (AvgIpc) is 2.26. The van der Waals surface area contributed by atoms with Crippen LogP contribution in [0.25, 0.3) is 0 Å². The number of aliphatic hydroxyl groups is 2. The Bertz CT molecular complexity index is 348. The molecule has 0 heterocycles. The predicted octanol–water partition coefficient (Wildman–Crippen LogP) is 2.18. The average molecular weight is 222 g/mol. The van der Waals surface area contributed by atoms with E-state index < -0.39 is 12.2 Å². The van der Waals surface area contributed by atoms with Crippen LogP contribution >= 0.6 is 11.8 Å². The maximum absolute atomic E-state index is 9.76. The third-order valence-corrected chi connectivity index (χ3v) is 3.59. The van der Waals surface area contributed by atoms with E-state index in [1.54, 1.807) is 0 Å². The number of benzene rings is 1. The van der Waals surface area contributed by atoms with E-state index in [-0.39, 0.29) is 0 Å². The first-order valence-corrected chi connectivity index (χ1v) is 5.88. The van der Waals surface area contributed by atoms with E-state index in [2.05, 4.69) is 0 Å². The van der Waals surface area contributed by atoms with Gasteiger partial charge in [-0.3, -0.25) is 0 Å². The van der Waals surface area contributed by atoms with Crippen molar-refractivity contribution in [3.05, 3.63) is 41.3 Å². The fraction of sp³-hybridized carbons (Fsp3) is 0.333. The third-order valence-electron chi connectivity index (χ3n) is 2.44. The molecule has 2 atom stereocenters. The molecule has 2 rings (SSSR count). The summed E-state index contributed by atoms with van der Waals surface area (Å²) in [5, 5.41) is 19.3. The largest absolute Gasteiger partial charge is 0.390 e. The lowest BCUT2D eigenvalue weighted by molar-refractivity contribution is 0.0365. The van der Waals surface area contributed by atoms with Crippen molar-refractivity contribution in [2.75, 3.05) is 0 Å². The van der Waals surface area contributed by atoms with Crippen LogP contribution in [0.2, 0.25) is 0 Å². The summed E-state index contributed by atoms with van der Waals surface area (Å²) in [6.07, 6.45) is 2.17. The molecule has 2 N–H and O–H groups in total. The van der Waals surface area contributed by atoms with Gasteiger partial charge in [0.2, 0.25) is 0 Å². The van der Waals surface area contributed by atoms with E-state index in [1.165, 1.54) is 11.8 Å². The molecule has 1 aromatic rings. The molecule has 1 aliphatic carbocycles. The van der Waals surface area contributed by atoms with E-state index in [9.17, 15) is 10.2 Å². The van der Waals surface area contributed by atoms with Crippen molar-refractivity contribution in [1.29, 1.82) is 0 Å². The molecular weight excluding hydrogens is 208 g/mol. The van der Waals surface area contributed by atoms with Gasteiger partial charge in [0.05, 0.1) is 6.10 Å². The van der Waals surface area contributed by atoms with Gasteiger partial charge in [-0.25, -0.2) is 0 Å². The van der Waals surface area contributed by atoms with Gasteiger partial charge in [-0.1, -0.05) is 36.0 Å². The van der Waals surface area contributed by atoms with Gasteiger partial charge in [-0.15, -0.1) is 0 Å². The summed E-state index contributed by atoms with van der Waals surface area (Å²) in [7, 11) is 0. The van der Waals surface area contributed by atoms with Gasteiger partial charge in [0.1, 0.15) is 6.10 Å². The van der Waals surface area contributed by atoms with Crippen LogP contribution in [0.4, 0.5) is 0 Å². The van der Waals surface area contributed by atoms with Gasteiger partial charge in [-0.05, 0) is 25.0 Å². The second-order valence-corrected chi connectivity index (χ2v) is 4.76. The summed E-state index contributed by atoms with van der Waals surface area (Å²) in [5.74, 6) is 0. The predicted molar refractivity (Wildman–Crippen MR) is 61.6 cm³/mol. The second-order valence-electron chi connectivity index (χ2n) is 3.61. The normalized spacial score (nSPS) is 26.1. The minimum Gasteiger partial charge on any atom is -0.390 e. The van der Waals surface area contributed by atoms with E-state index in [0.29, 0.717) is 6.42 Å². The molecule has 0 aliphatic heterocycles. The Balaban J connectivity index is 2.09. The molecule has 0 spiro atoms. The maximum Gasteiger partial charge on any atom is 0.111 e. The second kappa shape index (κ2) is 4.84. The van der Waals surface area contributed by atoms with Crippen molar-refractivity contribution in [2.24, 2.45) is 0 Å². The van der Waals surface area contributed by atoms with Gasteiger partial charge in [0, 0.05) is 9.80 Å². The maximum atomic E-state index is 9.76. The van der Waals surface area contributed by atoms with Crippen molar-refractivity contribution in [1.82, 2.24) is 0 Å². The summed E-state index contributed by atoms with van der Waals surface area (Å²) in [6.45, 7) is 0. The molecule has 80 valence electrons. The van der Waals surface area contributed by atoms with Crippen LogP contribution in [0.5, 0.6) is 0 Å². The first-order valence-electron chi connectivity index (χ1n) is 5.06. The van der Waals surface area contributed by atoms with E-state index in [0.717, 1.165) is 16.2 Å². The van der Waals surface area contributed by atoms with Gasteiger partial charge < -0.3 is 10.2 Å². The van der Waals surface area contributed by atoms with Gasteiger partial charge >= 0.3 is 0 Å². The molecule has 0 amide bonds. The van der Waals surface area contributed by atoms with Crippen LogP contribution in [0.1, 0.15) is 12.8 Å². The summed E-state index contributed by atoms with van der Waals surface area (Å²) >= 11 is 1.53. The number of allylic oxidation sites excluding steroid dienone is 1. The number of thioether (sulfide) groups is 1. The number of hydrogen-bond donors (Lipinski definition) is 2. The third kappa shape index (κ3) is 2.62. The van der Waals surface area contributed by atoms with Gasteiger partial charge in [0.15, 0.2) is 0 Å². The van der Waals surface area contributed by atoms with Crippen LogP contribution < -0.4 is 0 Å². The molecule has 15 heavy (non-hydrogen) atoms. The SMILES string of the molecule is O[C@@H]1CCC=C(Sc2ccccc2)[C@H]1O. The molecule has 0 saturated heterocycles. The highest BCUT2D eigenvalue weighted by Crippen LogP contribution is 2.33. The highest BCUT2D eigenvalue weighted by atomic mass is 32.2. The minimum atomic E-state index is -0.719. The number of hydrogen-bond acceptors (Lipinski definition) is 3. The first kappa shape index (κ1) is 10.7. The molecule has 2 nitrogen and oxygen atoms in total. The fourth-order valence-electron chi connectivity index (χ4n) is 1.59. The number of rotatable bonds is 2. The van der Waals surface area contributed by atoms with Crippen molar-refractivity contribution >= 4 is 11.8 Å². The van der Waals surface area contributed by atoms with Crippen LogP contribution in [0.15, 0.2) is 46.2 Å². The molecule has 1 aromatic carbocycles. The Labute approximate surface area is 93.6 Å². The summed E-state index contributed by atoms with van der Waals surface area (Å²) < 4.78 is 0. The smallest absolute Gasteiger partial charge is 0.111 e. The van der Waals surface area contributed by atoms with Crippen molar-refractivity contribution < 1.29 is 10.2 Å². The quantitative estimate of drug-likeness (QED) is 0.805. The Morgan fingerprint density at radius 1 is 1.13 bits per heavy atom. The Kier molecular flexibility index (Phi) is 3.46. The number of aliphatic hydroxyl groups excluding tert-OH is 2. The highest BCUT2D eigenvalue weighted by molar-refractivity contribution is 8.03. The lowest BCUT2D eigenvalue weighted by Gasteiger charge is -2.24. The summed E-state index contributed by atoms with van der Waals surface area (Å²) in [5.41, 5.74) is 0. The molecule has 3 heteroatoms. The van der Waals surface area contributed by atoms with Crippen LogP contribution in [-0.2, 0) is 0 Å². The molecule has 0 fully saturated rings. The lowest BCUT2D eigenvalue weighted by atomic mass is 10.0. The molecule has 0 bridgehead atoms. The molecule has 0 saturated carbocycles. The first-order chi connectivity index (χ1) is 7.27. The molecule has 0 aromatic heterocycles. The molecule has 0 unspecified atom stereocenters. The van der Waals surface area contributed by atoms with E-state index in [1.807, 2.05) is 36.4 Å². The minimum absolute atomic E-state index is 0.610. The van der Waals surface area contributed by atoms with E-state index in [4.69, 9.17) is 0 Å². The standard InChI is InChI=1S/C12H14O2S/c13-10-7-4-8-11(12(10)14)15-9-5-2-1-3-6-9/h1-3,5-6,8,10,12-14H,4,7H2/t10-,12+/m1/s1. The van der Waals surface area contributed by atoms with Crippen molar-refractivity contribution in [3.63, 3.8) is 0 Å². The molecule has 1 aliphatic rings. The zero-order valence-corrected chi connectivity index (χ0v) is 9.15. The van der Waals surface area contributed by atoms with Crippen LogP contribution in [0, 0.1) is 0 Å². The van der Waals surface area contributed by atoms with Crippen molar-refractivity contribution in [3.8, 4) is 0 Å². The highest BCUT2D eigenvalue weighted by Gasteiger charge is 2.24. The topological polar surface area (TPSA) is 40.5 Å². The zero-order chi connectivity index (χ0) is 10.7. The Morgan fingerprint density at radius 3 is 2.60 bits per heavy atom. The zero-order valence-electron chi connectivity index (χ0n) is 8.34. The van der Waals surface area contributed by atoms with Crippen LogP contribution in [0.3, 0.4) is 0 Å². The van der Waals surface area contributed by atoms with E-state index >= 15 is 0 Å². The summed E-state index contributed by atoms with van der Waals surface area (Å²) in [6, 6.07) is 9.89. The monoisotopic (exact) mass is 222 g/mol. The lowest BCUT2D eigenvalue weighted by Crippen LogP contribution is -2.29. The van der Waals surface area contributed by atoms with Crippen molar-refractivity contribution in [2.45, 2.75) is 29.9 Å². The van der Waals surface area contributed by atoms with Gasteiger partial charge in [0.25, 0.3) is 0 Å². The van der Waals surface area contributed by atoms with Crippen LogP contribution in [-0.4, -0.2) is 22.4 Å². The Morgan fingerprint density at radius 2 is 1.87 bits per heavy atom.